The van der Waals surface area contributed by atoms with Gasteiger partial charge in [-0.3, -0.25) is 4.79 Å². The molecule has 0 spiro atoms. The van der Waals surface area contributed by atoms with E-state index in [0.717, 1.165) is 11.1 Å². The molecule has 3 rings (SSSR count). The van der Waals surface area contributed by atoms with Crippen LogP contribution in [0.1, 0.15) is 5.56 Å². The van der Waals surface area contributed by atoms with Crippen LogP contribution >= 0.6 is 0 Å². The number of aryl methyl sites for hydroxylation is 1. The van der Waals surface area contributed by atoms with Gasteiger partial charge in [-0.1, -0.05) is 36.4 Å². The van der Waals surface area contributed by atoms with Crippen molar-refractivity contribution in [1.82, 2.24) is 14.5 Å². The molecule has 0 aliphatic heterocycles. The monoisotopic (exact) mass is 399 g/mol. The Labute approximate surface area is 163 Å². The van der Waals surface area contributed by atoms with E-state index in [4.69, 9.17) is 4.74 Å². The first-order valence-electron chi connectivity index (χ1n) is 8.68. The number of nitrogens with one attached hydrogen (secondary N) is 1. The second kappa shape index (κ2) is 8.37. The molecule has 0 unspecified atom stereocenters. The predicted octanol–water partition coefficient (Wildman–Crippen LogP) is 2.21. The van der Waals surface area contributed by atoms with Crippen molar-refractivity contribution < 1.29 is 13.2 Å². The zero-order valence-corrected chi connectivity index (χ0v) is 16.4. The summed E-state index contributed by atoms with van der Waals surface area (Å²) in [6.45, 7) is 1.97. The number of rotatable bonds is 7. The Morgan fingerprint density at radius 1 is 1.07 bits per heavy atom. The molecular weight excluding hydrogens is 378 g/mol. The van der Waals surface area contributed by atoms with Crippen LogP contribution in [0.4, 0.5) is 0 Å². The highest BCUT2D eigenvalue weighted by molar-refractivity contribution is 7.89. The summed E-state index contributed by atoms with van der Waals surface area (Å²) in [6, 6.07) is 17.4. The molecule has 3 aromatic rings. The number of sulfonamides is 1. The Bertz CT molecular complexity index is 1130. The molecule has 2 aromatic carbocycles. The van der Waals surface area contributed by atoms with Crippen molar-refractivity contribution in [3.8, 4) is 17.0 Å². The lowest BCUT2D eigenvalue weighted by Gasteiger charge is -2.12. The van der Waals surface area contributed by atoms with E-state index in [2.05, 4.69) is 9.82 Å². The summed E-state index contributed by atoms with van der Waals surface area (Å²) in [7, 11) is -2.36. The van der Waals surface area contributed by atoms with Gasteiger partial charge in [0.15, 0.2) is 0 Å². The fraction of sp³-hybridized carbons (Fsp3) is 0.200. The summed E-state index contributed by atoms with van der Waals surface area (Å²) >= 11 is 0. The van der Waals surface area contributed by atoms with Gasteiger partial charge < -0.3 is 4.74 Å². The molecule has 1 aromatic heterocycles. The topological polar surface area (TPSA) is 90.3 Å². The van der Waals surface area contributed by atoms with Gasteiger partial charge in [0.2, 0.25) is 10.0 Å². The first-order chi connectivity index (χ1) is 13.4. The molecule has 0 fully saturated rings. The van der Waals surface area contributed by atoms with Crippen LogP contribution in [-0.4, -0.2) is 31.9 Å². The summed E-state index contributed by atoms with van der Waals surface area (Å²) in [6.07, 6.45) is 0. The lowest BCUT2D eigenvalue weighted by molar-refractivity contribution is 0.402. The van der Waals surface area contributed by atoms with Crippen LogP contribution in [0.5, 0.6) is 5.75 Å². The number of hydrogen-bond acceptors (Lipinski definition) is 5. The molecule has 8 heteroatoms. The smallest absolute Gasteiger partial charge is 0.266 e. The van der Waals surface area contributed by atoms with Crippen molar-refractivity contribution in [3.05, 3.63) is 76.6 Å². The molecule has 0 saturated heterocycles. The molecule has 0 amide bonds. The Morgan fingerprint density at radius 2 is 1.82 bits per heavy atom. The van der Waals surface area contributed by atoms with Gasteiger partial charge in [-0.05, 0) is 30.7 Å². The summed E-state index contributed by atoms with van der Waals surface area (Å²) in [5.41, 5.74) is 2.11. The maximum atomic E-state index is 12.6. The van der Waals surface area contributed by atoms with E-state index in [1.807, 2.05) is 37.3 Å². The normalized spacial score (nSPS) is 11.4. The number of nitrogens with zero attached hydrogens (tertiary/aromatic N) is 2. The SMILES string of the molecule is COc1cc(C)ccc1S(=O)(=O)NCCn1nc(-c2ccccc2)ccc1=O. The van der Waals surface area contributed by atoms with Gasteiger partial charge >= 0.3 is 0 Å². The molecule has 0 radical (unpaired) electrons. The van der Waals surface area contributed by atoms with Crippen molar-refractivity contribution >= 4 is 10.0 Å². The predicted molar refractivity (Wildman–Crippen MR) is 107 cm³/mol. The third-order valence-corrected chi connectivity index (χ3v) is 5.66. The van der Waals surface area contributed by atoms with Crippen molar-refractivity contribution in [3.63, 3.8) is 0 Å². The van der Waals surface area contributed by atoms with E-state index in [9.17, 15) is 13.2 Å². The second-order valence-corrected chi connectivity index (χ2v) is 7.93. The van der Waals surface area contributed by atoms with E-state index in [1.54, 1.807) is 18.2 Å². The van der Waals surface area contributed by atoms with Gasteiger partial charge in [-0.15, -0.1) is 0 Å². The lowest BCUT2D eigenvalue weighted by Crippen LogP contribution is -2.32. The third kappa shape index (κ3) is 4.47. The van der Waals surface area contributed by atoms with E-state index in [-0.39, 0.29) is 29.3 Å². The maximum Gasteiger partial charge on any atom is 0.266 e. The molecule has 0 aliphatic rings. The van der Waals surface area contributed by atoms with Crippen LogP contribution in [0.25, 0.3) is 11.3 Å². The molecule has 0 saturated carbocycles. The zero-order chi connectivity index (χ0) is 20.1. The fourth-order valence-corrected chi connectivity index (χ4v) is 3.90. The fourth-order valence-electron chi connectivity index (χ4n) is 2.73. The first-order valence-corrected chi connectivity index (χ1v) is 10.2. The van der Waals surface area contributed by atoms with E-state index in [0.29, 0.717) is 5.69 Å². The van der Waals surface area contributed by atoms with Crippen molar-refractivity contribution in [2.45, 2.75) is 18.4 Å². The molecular formula is C20H21N3O4S. The molecule has 146 valence electrons. The summed E-state index contributed by atoms with van der Waals surface area (Å²) in [5, 5.41) is 4.32. The second-order valence-electron chi connectivity index (χ2n) is 6.20. The zero-order valence-electron chi connectivity index (χ0n) is 15.6. The number of hydrogen-bond donors (Lipinski definition) is 1. The standard InChI is InChI=1S/C20H21N3O4S/c1-15-8-10-19(18(14-15)27-2)28(25,26)21-12-13-23-20(24)11-9-17(22-23)16-6-4-3-5-7-16/h3-11,14,21H,12-13H2,1-2H3. The van der Waals surface area contributed by atoms with Gasteiger partial charge in [-0.2, -0.15) is 5.10 Å². The van der Waals surface area contributed by atoms with Gasteiger partial charge in [0.05, 0.1) is 19.3 Å². The maximum absolute atomic E-state index is 12.6. The molecule has 1 heterocycles. The molecule has 0 atom stereocenters. The van der Waals surface area contributed by atoms with Crippen LogP contribution in [0.2, 0.25) is 0 Å². The highest BCUT2D eigenvalue weighted by Gasteiger charge is 2.19. The summed E-state index contributed by atoms with van der Waals surface area (Å²) in [5.74, 6) is 0.272. The Hall–Kier alpha value is -2.97. The molecule has 1 N–H and O–H groups in total. The largest absolute Gasteiger partial charge is 0.495 e. The van der Waals surface area contributed by atoms with E-state index >= 15 is 0 Å². The van der Waals surface area contributed by atoms with Crippen molar-refractivity contribution in [1.29, 1.82) is 0 Å². The van der Waals surface area contributed by atoms with Gasteiger partial charge in [0, 0.05) is 18.2 Å². The molecule has 0 aliphatic carbocycles. The minimum Gasteiger partial charge on any atom is -0.495 e. The highest BCUT2D eigenvalue weighted by atomic mass is 32.2. The minimum absolute atomic E-state index is 0.0184. The van der Waals surface area contributed by atoms with Gasteiger partial charge in [0.1, 0.15) is 10.6 Å². The van der Waals surface area contributed by atoms with Crippen LogP contribution < -0.4 is 15.0 Å². The highest BCUT2D eigenvalue weighted by Crippen LogP contribution is 2.24. The van der Waals surface area contributed by atoms with Crippen LogP contribution in [-0.2, 0) is 16.6 Å². The first kappa shape index (κ1) is 19.8. The summed E-state index contributed by atoms with van der Waals surface area (Å²) < 4.78 is 34.1. The quantitative estimate of drug-likeness (QED) is 0.658. The van der Waals surface area contributed by atoms with Crippen molar-refractivity contribution in [2.75, 3.05) is 13.7 Å². The number of methoxy groups -OCH3 is 1. The molecule has 28 heavy (non-hydrogen) atoms. The molecule has 7 nitrogen and oxygen atoms in total. The van der Waals surface area contributed by atoms with Crippen molar-refractivity contribution in [2.24, 2.45) is 0 Å². The third-order valence-electron chi connectivity index (χ3n) is 4.16. The van der Waals surface area contributed by atoms with Gasteiger partial charge in [-0.25, -0.2) is 17.8 Å². The average Bonchev–Trinajstić information content (AvgIpc) is 2.69. The number of ether oxygens (including phenoxy) is 1. The number of aromatic nitrogens is 2. The Morgan fingerprint density at radius 3 is 2.54 bits per heavy atom. The summed E-state index contributed by atoms with van der Waals surface area (Å²) in [4.78, 5) is 12.1. The Balaban J connectivity index is 1.75. The van der Waals surface area contributed by atoms with E-state index in [1.165, 1.54) is 23.9 Å². The molecule has 0 bridgehead atoms. The number of benzene rings is 2. The van der Waals surface area contributed by atoms with Crippen LogP contribution in [0.15, 0.2) is 70.4 Å². The minimum atomic E-state index is -3.78. The average molecular weight is 399 g/mol. The van der Waals surface area contributed by atoms with E-state index < -0.39 is 10.0 Å². The Kier molecular flexibility index (Phi) is 5.91. The van der Waals surface area contributed by atoms with Crippen LogP contribution in [0, 0.1) is 6.92 Å². The van der Waals surface area contributed by atoms with Gasteiger partial charge in [0.25, 0.3) is 5.56 Å². The van der Waals surface area contributed by atoms with Crippen LogP contribution in [0.3, 0.4) is 0 Å². The lowest BCUT2D eigenvalue weighted by atomic mass is 10.1.